The van der Waals surface area contributed by atoms with Crippen molar-refractivity contribution in [2.45, 2.75) is 19.9 Å². The highest BCUT2D eigenvalue weighted by atomic mass is 16.3. The Morgan fingerprint density at radius 2 is 1.87 bits per heavy atom. The van der Waals surface area contributed by atoms with Gasteiger partial charge >= 0.3 is 0 Å². The number of anilines is 2. The molecule has 23 heavy (non-hydrogen) atoms. The molecule has 1 aliphatic rings. The van der Waals surface area contributed by atoms with E-state index in [-0.39, 0.29) is 6.61 Å². The minimum Gasteiger partial charge on any atom is -0.395 e. The van der Waals surface area contributed by atoms with Gasteiger partial charge in [0.2, 0.25) is 5.95 Å². The fraction of sp³-hybridized carbons (Fsp3) is 0.529. The van der Waals surface area contributed by atoms with Gasteiger partial charge < -0.3 is 15.3 Å². The molecule has 0 saturated carbocycles. The van der Waals surface area contributed by atoms with Gasteiger partial charge in [-0.1, -0.05) is 12.1 Å². The molecule has 3 rings (SSSR count). The van der Waals surface area contributed by atoms with Gasteiger partial charge in [-0.2, -0.15) is 4.98 Å². The zero-order valence-corrected chi connectivity index (χ0v) is 13.9. The molecule has 124 valence electrons. The Morgan fingerprint density at radius 3 is 2.57 bits per heavy atom. The van der Waals surface area contributed by atoms with Gasteiger partial charge in [0.15, 0.2) is 0 Å². The number of hydrogen-bond donors (Lipinski definition) is 2. The number of aliphatic hydroxyl groups is 1. The van der Waals surface area contributed by atoms with Crippen LogP contribution in [0.4, 0.5) is 11.8 Å². The maximum Gasteiger partial charge on any atom is 0.227 e. The molecule has 0 amide bonds. The van der Waals surface area contributed by atoms with E-state index >= 15 is 0 Å². The Kier molecular flexibility index (Phi) is 4.93. The number of piperazine rings is 1. The number of hydrogen-bond acceptors (Lipinski definition) is 6. The number of benzene rings is 1. The first-order chi connectivity index (χ1) is 11.2. The predicted molar refractivity (Wildman–Crippen MR) is 94.0 cm³/mol. The lowest BCUT2D eigenvalue weighted by Gasteiger charge is -2.34. The molecule has 1 aromatic heterocycles. The van der Waals surface area contributed by atoms with Crippen molar-refractivity contribution in [1.82, 2.24) is 14.9 Å². The summed E-state index contributed by atoms with van der Waals surface area (Å²) in [4.78, 5) is 14.0. The number of aliphatic hydroxyl groups excluding tert-OH is 1. The van der Waals surface area contributed by atoms with Gasteiger partial charge in [-0.15, -0.1) is 0 Å². The first-order valence-electron chi connectivity index (χ1n) is 8.29. The molecule has 0 aliphatic carbocycles. The zero-order valence-electron chi connectivity index (χ0n) is 13.9. The zero-order chi connectivity index (χ0) is 16.2. The summed E-state index contributed by atoms with van der Waals surface area (Å²) in [5.41, 5.74) is 0.971. The Hall–Kier alpha value is -1.92. The molecule has 1 aliphatic heterocycles. The average molecular weight is 315 g/mol. The number of nitrogens with one attached hydrogen (secondary N) is 1. The SMILES string of the molecule is CC(C)Nc1nc(N2CCN(CCO)CC2)nc2ccccc12. The third-order valence-corrected chi connectivity index (χ3v) is 4.09. The normalized spacial score (nSPS) is 16.3. The van der Waals surface area contributed by atoms with Crippen LogP contribution in [0.5, 0.6) is 0 Å². The van der Waals surface area contributed by atoms with Crippen LogP contribution in [0.25, 0.3) is 10.9 Å². The summed E-state index contributed by atoms with van der Waals surface area (Å²) in [5.74, 6) is 1.69. The summed E-state index contributed by atoms with van der Waals surface area (Å²) < 4.78 is 0. The molecule has 0 atom stereocenters. The van der Waals surface area contributed by atoms with E-state index in [1.54, 1.807) is 0 Å². The smallest absolute Gasteiger partial charge is 0.227 e. The molecule has 0 bridgehead atoms. The van der Waals surface area contributed by atoms with Gasteiger partial charge in [0.1, 0.15) is 5.82 Å². The maximum absolute atomic E-state index is 9.05. The number of nitrogens with zero attached hydrogens (tertiary/aromatic N) is 4. The van der Waals surface area contributed by atoms with Crippen molar-refractivity contribution in [3.05, 3.63) is 24.3 Å². The summed E-state index contributed by atoms with van der Waals surface area (Å²) in [7, 11) is 0. The molecule has 1 aromatic carbocycles. The van der Waals surface area contributed by atoms with Crippen LogP contribution in [0.2, 0.25) is 0 Å². The maximum atomic E-state index is 9.05. The van der Waals surface area contributed by atoms with Crippen LogP contribution in [0.3, 0.4) is 0 Å². The van der Waals surface area contributed by atoms with Gasteiger partial charge in [-0.05, 0) is 26.0 Å². The summed E-state index contributed by atoms with van der Waals surface area (Å²) in [6.45, 7) is 8.84. The van der Waals surface area contributed by atoms with Crippen molar-refractivity contribution in [2.75, 3.05) is 49.5 Å². The van der Waals surface area contributed by atoms with Gasteiger partial charge in [-0.25, -0.2) is 4.98 Å². The molecule has 6 nitrogen and oxygen atoms in total. The fourth-order valence-corrected chi connectivity index (χ4v) is 2.90. The molecule has 2 aromatic rings. The second-order valence-corrected chi connectivity index (χ2v) is 6.24. The lowest BCUT2D eigenvalue weighted by Crippen LogP contribution is -2.47. The van der Waals surface area contributed by atoms with Crippen LogP contribution in [-0.4, -0.2) is 65.3 Å². The van der Waals surface area contributed by atoms with E-state index in [1.807, 2.05) is 18.2 Å². The molecule has 6 heteroatoms. The number of rotatable bonds is 5. The van der Waals surface area contributed by atoms with E-state index in [0.29, 0.717) is 6.04 Å². The Balaban J connectivity index is 1.86. The molecule has 0 radical (unpaired) electrons. The monoisotopic (exact) mass is 315 g/mol. The number of β-amino-alcohol motifs (C(OH)–C–C–N with tert-alkyl or cyclic N) is 1. The summed E-state index contributed by atoms with van der Waals surface area (Å²) in [5, 5.41) is 13.5. The quantitative estimate of drug-likeness (QED) is 0.873. The lowest BCUT2D eigenvalue weighted by molar-refractivity contribution is 0.188. The van der Waals surface area contributed by atoms with Crippen LogP contribution >= 0.6 is 0 Å². The summed E-state index contributed by atoms with van der Waals surface area (Å²) in [6.07, 6.45) is 0. The molecule has 0 spiro atoms. The van der Waals surface area contributed by atoms with E-state index in [0.717, 1.165) is 55.4 Å². The molecule has 1 saturated heterocycles. The molecular weight excluding hydrogens is 290 g/mol. The summed E-state index contributed by atoms with van der Waals surface area (Å²) >= 11 is 0. The third-order valence-electron chi connectivity index (χ3n) is 4.09. The first-order valence-corrected chi connectivity index (χ1v) is 8.29. The third kappa shape index (κ3) is 3.71. The lowest BCUT2D eigenvalue weighted by atomic mass is 10.2. The minimum absolute atomic E-state index is 0.217. The Morgan fingerprint density at radius 1 is 1.13 bits per heavy atom. The predicted octanol–water partition coefficient (Wildman–Crippen LogP) is 1.56. The second-order valence-electron chi connectivity index (χ2n) is 6.24. The minimum atomic E-state index is 0.217. The van der Waals surface area contributed by atoms with Crippen LogP contribution < -0.4 is 10.2 Å². The molecular formula is C17H25N5O. The number of fused-ring (bicyclic) bond motifs is 1. The van der Waals surface area contributed by atoms with Crippen LogP contribution in [0.1, 0.15) is 13.8 Å². The highest BCUT2D eigenvalue weighted by Gasteiger charge is 2.20. The Bertz CT molecular complexity index is 652. The highest BCUT2D eigenvalue weighted by molar-refractivity contribution is 5.90. The Labute approximate surface area is 137 Å². The van der Waals surface area contributed by atoms with Crippen molar-refractivity contribution in [3.8, 4) is 0 Å². The van der Waals surface area contributed by atoms with Gasteiger partial charge in [0.05, 0.1) is 12.1 Å². The van der Waals surface area contributed by atoms with Crippen molar-refractivity contribution >= 4 is 22.7 Å². The number of aromatic nitrogens is 2. The van der Waals surface area contributed by atoms with Crippen molar-refractivity contribution in [1.29, 1.82) is 0 Å². The van der Waals surface area contributed by atoms with Crippen LogP contribution in [0.15, 0.2) is 24.3 Å². The van der Waals surface area contributed by atoms with Crippen molar-refractivity contribution < 1.29 is 5.11 Å². The topological polar surface area (TPSA) is 64.5 Å². The molecule has 1 fully saturated rings. The van der Waals surface area contributed by atoms with Gasteiger partial charge in [-0.3, -0.25) is 4.90 Å². The molecule has 2 N–H and O–H groups in total. The van der Waals surface area contributed by atoms with E-state index in [4.69, 9.17) is 15.1 Å². The molecule has 0 unspecified atom stereocenters. The van der Waals surface area contributed by atoms with Crippen molar-refractivity contribution in [2.24, 2.45) is 0 Å². The largest absolute Gasteiger partial charge is 0.395 e. The second kappa shape index (κ2) is 7.10. The van der Waals surface area contributed by atoms with Gasteiger partial charge in [0.25, 0.3) is 0 Å². The van der Waals surface area contributed by atoms with E-state index in [9.17, 15) is 0 Å². The van der Waals surface area contributed by atoms with E-state index in [1.165, 1.54) is 0 Å². The summed E-state index contributed by atoms with van der Waals surface area (Å²) in [6, 6.07) is 8.45. The van der Waals surface area contributed by atoms with E-state index < -0.39 is 0 Å². The molecule has 2 heterocycles. The van der Waals surface area contributed by atoms with Crippen LogP contribution in [0, 0.1) is 0 Å². The highest BCUT2D eigenvalue weighted by Crippen LogP contribution is 2.24. The number of para-hydroxylation sites is 1. The van der Waals surface area contributed by atoms with Crippen molar-refractivity contribution in [3.63, 3.8) is 0 Å². The van der Waals surface area contributed by atoms with E-state index in [2.05, 4.69) is 35.0 Å². The van der Waals surface area contributed by atoms with Gasteiger partial charge in [0, 0.05) is 44.2 Å². The fourth-order valence-electron chi connectivity index (χ4n) is 2.90. The standard InChI is InChI=1S/C17H25N5O/c1-13(2)18-16-14-5-3-4-6-15(14)19-17(20-16)22-9-7-21(8-10-22)11-12-23/h3-6,13,23H,7-12H2,1-2H3,(H,18,19,20). The average Bonchev–Trinajstić information content (AvgIpc) is 2.55. The van der Waals surface area contributed by atoms with Crippen LogP contribution in [-0.2, 0) is 0 Å². The first kappa shape index (κ1) is 16.0.